The van der Waals surface area contributed by atoms with Crippen LogP contribution in [0.1, 0.15) is 45.1 Å². The Bertz CT molecular complexity index is 494. The molecule has 0 aliphatic heterocycles. The summed E-state index contributed by atoms with van der Waals surface area (Å²) in [4.78, 5) is 10.5. The van der Waals surface area contributed by atoms with Crippen molar-refractivity contribution in [3.63, 3.8) is 0 Å². The molecule has 5 heteroatoms. The average Bonchev–Trinajstić information content (AvgIpc) is 2.47. The van der Waals surface area contributed by atoms with Gasteiger partial charge in [-0.15, -0.1) is 0 Å². The van der Waals surface area contributed by atoms with Gasteiger partial charge in [0.2, 0.25) is 0 Å². The van der Waals surface area contributed by atoms with E-state index < -0.39 is 4.92 Å². The van der Waals surface area contributed by atoms with E-state index in [0.717, 1.165) is 25.7 Å². The number of benzene rings is 1. The quantitative estimate of drug-likeness (QED) is 0.530. The Kier molecular flexibility index (Phi) is 6.51. The van der Waals surface area contributed by atoms with Gasteiger partial charge in [0.1, 0.15) is 0 Å². The molecule has 1 unspecified atom stereocenters. The fourth-order valence-corrected chi connectivity index (χ4v) is 1.96. The fraction of sp³-hybridized carbons (Fsp3) is 0.533. The fourth-order valence-electron chi connectivity index (χ4n) is 1.96. The van der Waals surface area contributed by atoms with Crippen LogP contribution < -0.4 is 4.74 Å². The summed E-state index contributed by atoms with van der Waals surface area (Å²) in [7, 11) is 0. The van der Waals surface area contributed by atoms with E-state index in [9.17, 15) is 10.1 Å². The molecular weight excluding hydrogens is 256 g/mol. The van der Waals surface area contributed by atoms with Crippen molar-refractivity contribution in [1.82, 2.24) is 0 Å². The second kappa shape index (κ2) is 8.16. The first-order chi connectivity index (χ1) is 9.62. The SMILES string of the molecule is CCCCC(CC)COc1ccc(C#N)cc1[N+](=O)[O-]. The summed E-state index contributed by atoms with van der Waals surface area (Å²) >= 11 is 0. The Balaban J connectivity index is 2.76. The zero-order chi connectivity index (χ0) is 15.0. The Morgan fingerprint density at radius 3 is 2.75 bits per heavy atom. The van der Waals surface area contributed by atoms with Gasteiger partial charge in [-0.1, -0.05) is 33.1 Å². The molecule has 0 N–H and O–H groups in total. The van der Waals surface area contributed by atoms with Gasteiger partial charge in [-0.25, -0.2) is 0 Å². The van der Waals surface area contributed by atoms with Crippen LogP contribution in [0.2, 0.25) is 0 Å². The van der Waals surface area contributed by atoms with Crippen molar-refractivity contribution in [2.75, 3.05) is 6.61 Å². The van der Waals surface area contributed by atoms with E-state index in [1.165, 1.54) is 18.2 Å². The number of ether oxygens (including phenoxy) is 1. The first-order valence-electron chi connectivity index (χ1n) is 6.93. The van der Waals surface area contributed by atoms with Crippen LogP contribution in [0.4, 0.5) is 5.69 Å². The summed E-state index contributed by atoms with van der Waals surface area (Å²) in [5, 5.41) is 19.8. The maximum atomic E-state index is 11.0. The standard InChI is InChI=1S/C15H20N2O3/c1-3-5-6-12(4-2)11-20-15-8-7-13(10-16)9-14(15)17(18)19/h7-9,12H,3-6,11H2,1-2H3. The van der Waals surface area contributed by atoms with Gasteiger partial charge < -0.3 is 4.74 Å². The lowest BCUT2D eigenvalue weighted by molar-refractivity contribution is -0.385. The Hall–Kier alpha value is -2.09. The van der Waals surface area contributed by atoms with Gasteiger partial charge in [-0.2, -0.15) is 5.26 Å². The summed E-state index contributed by atoms with van der Waals surface area (Å²) in [5.41, 5.74) is 0.122. The van der Waals surface area contributed by atoms with Gasteiger partial charge in [0.05, 0.1) is 23.2 Å². The third kappa shape index (κ3) is 4.54. The molecule has 1 rings (SSSR count). The number of nitro groups is 1. The maximum Gasteiger partial charge on any atom is 0.312 e. The highest BCUT2D eigenvalue weighted by Gasteiger charge is 2.17. The van der Waals surface area contributed by atoms with E-state index >= 15 is 0 Å². The number of rotatable bonds is 8. The molecule has 108 valence electrons. The van der Waals surface area contributed by atoms with Crippen molar-refractivity contribution < 1.29 is 9.66 Å². The summed E-state index contributed by atoms with van der Waals surface area (Å²) in [6.07, 6.45) is 4.33. The molecule has 1 aromatic carbocycles. The number of nitriles is 1. The monoisotopic (exact) mass is 276 g/mol. The highest BCUT2D eigenvalue weighted by Crippen LogP contribution is 2.28. The summed E-state index contributed by atoms with van der Waals surface area (Å²) in [5.74, 6) is 0.647. The van der Waals surface area contributed by atoms with Crippen LogP contribution in [-0.4, -0.2) is 11.5 Å². The molecule has 0 aliphatic carbocycles. The minimum absolute atomic E-state index is 0.144. The predicted octanol–water partition coefficient (Wildman–Crippen LogP) is 4.06. The molecule has 0 radical (unpaired) electrons. The van der Waals surface area contributed by atoms with E-state index in [1.54, 1.807) is 0 Å². The van der Waals surface area contributed by atoms with Crippen molar-refractivity contribution in [2.24, 2.45) is 5.92 Å². The number of hydrogen-bond donors (Lipinski definition) is 0. The topological polar surface area (TPSA) is 76.2 Å². The van der Waals surface area contributed by atoms with Gasteiger partial charge in [-0.3, -0.25) is 10.1 Å². The largest absolute Gasteiger partial charge is 0.487 e. The first-order valence-corrected chi connectivity index (χ1v) is 6.93. The third-order valence-electron chi connectivity index (χ3n) is 3.30. The molecule has 0 aromatic heterocycles. The highest BCUT2D eigenvalue weighted by atomic mass is 16.6. The second-order valence-electron chi connectivity index (χ2n) is 4.78. The lowest BCUT2D eigenvalue weighted by Crippen LogP contribution is -2.12. The minimum Gasteiger partial charge on any atom is -0.487 e. The molecule has 0 bridgehead atoms. The van der Waals surface area contributed by atoms with Crippen molar-refractivity contribution in [2.45, 2.75) is 39.5 Å². The third-order valence-corrected chi connectivity index (χ3v) is 3.30. The van der Waals surface area contributed by atoms with E-state index in [0.29, 0.717) is 12.5 Å². The highest BCUT2D eigenvalue weighted by molar-refractivity contribution is 5.51. The van der Waals surface area contributed by atoms with Crippen LogP contribution >= 0.6 is 0 Å². The van der Waals surface area contributed by atoms with Crippen LogP contribution in [0.25, 0.3) is 0 Å². The zero-order valence-electron chi connectivity index (χ0n) is 12.0. The molecule has 1 aromatic rings. The Labute approximate surface area is 119 Å². The zero-order valence-corrected chi connectivity index (χ0v) is 12.0. The lowest BCUT2D eigenvalue weighted by atomic mass is 10.0. The molecule has 0 fully saturated rings. The number of hydrogen-bond acceptors (Lipinski definition) is 4. The first kappa shape index (κ1) is 16.0. The number of nitro benzene ring substituents is 1. The van der Waals surface area contributed by atoms with Crippen LogP contribution in [0.3, 0.4) is 0 Å². The normalized spacial score (nSPS) is 11.7. The Morgan fingerprint density at radius 2 is 2.20 bits per heavy atom. The molecule has 0 amide bonds. The summed E-state index contributed by atoms with van der Waals surface area (Å²) < 4.78 is 5.60. The molecular formula is C15H20N2O3. The number of unbranched alkanes of at least 4 members (excludes halogenated alkanes) is 1. The van der Waals surface area contributed by atoms with Gasteiger partial charge in [0.25, 0.3) is 0 Å². The van der Waals surface area contributed by atoms with Crippen molar-refractivity contribution in [3.05, 3.63) is 33.9 Å². The molecule has 1 atom stereocenters. The van der Waals surface area contributed by atoms with E-state index in [1.807, 2.05) is 6.07 Å². The van der Waals surface area contributed by atoms with Crippen LogP contribution in [0.5, 0.6) is 5.75 Å². The molecule has 0 saturated carbocycles. The van der Waals surface area contributed by atoms with Crippen molar-refractivity contribution in [3.8, 4) is 11.8 Å². The lowest BCUT2D eigenvalue weighted by Gasteiger charge is -2.15. The van der Waals surface area contributed by atoms with Crippen molar-refractivity contribution >= 4 is 5.69 Å². The van der Waals surface area contributed by atoms with Gasteiger partial charge in [0, 0.05) is 6.07 Å². The minimum atomic E-state index is -0.511. The average molecular weight is 276 g/mol. The molecule has 5 nitrogen and oxygen atoms in total. The van der Waals surface area contributed by atoms with Gasteiger partial charge in [0.15, 0.2) is 5.75 Å². The van der Waals surface area contributed by atoms with Gasteiger partial charge in [-0.05, 0) is 24.5 Å². The molecule has 0 aliphatic rings. The second-order valence-corrected chi connectivity index (χ2v) is 4.78. The van der Waals surface area contributed by atoms with Crippen LogP contribution in [0, 0.1) is 27.4 Å². The molecule has 20 heavy (non-hydrogen) atoms. The summed E-state index contributed by atoms with van der Waals surface area (Å²) in [6, 6.07) is 6.19. The maximum absolute atomic E-state index is 11.0. The Morgan fingerprint density at radius 1 is 1.45 bits per heavy atom. The van der Waals surface area contributed by atoms with Crippen LogP contribution in [-0.2, 0) is 0 Å². The molecule has 0 heterocycles. The molecule has 0 spiro atoms. The van der Waals surface area contributed by atoms with Crippen molar-refractivity contribution in [1.29, 1.82) is 5.26 Å². The van der Waals surface area contributed by atoms with E-state index in [2.05, 4.69) is 13.8 Å². The molecule has 0 saturated heterocycles. The summed E-state index contributed by atoms with van der Waals surface area (Å²) in [6.45, 7) is 4.71. The van der Waals surface area contributed by atoms with E-state index in [4.69, 9.17) is 10.00 Å². The van der Waals surface area contributed by atoms with Gasteiger partial charge >= 0.3 is 5.69 Å². The number of nitrogens with zero attached hydrogens (tertiary/aromatic N) is 2. The van der Waals surface area contributed by atoms with E-state index in [-0.39, 0.29) is 17.0 Å². The predicted molar refractivity (Wildman–Crippen MR) is 76.6 cm³/mol. The smallest absolute Gasteiger partial charge is 0.312 e. The van der Waals surface area contributed by atoms with Crippen LogP contribution in [0.15, 0.2) is 18.2 Å².